The Morgan fingerprint density at radius 1 is 1.59 bits per heavy atom. The van der Waals surface area contributed by atoms with Crippen LogP contribution in [0.2, 0.25) is 0 Å². The van der Waals surface area contributed by atoms with Gasteiger partial charge in [0.1, 0.15) is 6.54 Å². The van der Waals surface area contributed by atoms with Gasteiger partial charge in [-0.2, -0.15) is 0 Å². The van der Waals surface area contributed by atoms with Crippen LogP contribution in [0.15, 0.2) is 11.0 Å². The highest BCUT2D eigenvalue weighted by Gasteiger charge is 2.34. The largest absolute Gasteiger partial charge is 0.466 e. The third-order valence-corrected chi connectivity index (χ3v) is 2.86. The molecule has 0 aromatic rings. The van der Waals surface area contributed by atoms with Crippen molar-refractivity contribution in [1.29, 1.82) is 5.41 Å². The van der Waals surface area contributed by atoms with Gasteiger partial charge in [0.2, 0.25) is 5.91 Å². The molecule has 1 aliphatic rings. The average Bonchev–Trinajstić information content (AvgIpc) is 2.56. The van der Waals surface area contributed by atoms with E-state index in [4.69, 9.17) is 5.41 Å². The number of amides is 2. The van der Waals surface area contributed by atoms with E-state index in [1.54, 1.807) is 0 Å². The van der Waals surface area contributed by atoms with E-state index in [1.165, 1.54) is 14.2 Å². The normalized spacial score (nSPS) is 17.5. The van der Waals surface area contributed by atoms with Crippen molar-refractivity contribution in [3.63, 3.8) is 0 Å². The van der Waals surface area contributed by atoms with E-state index in [0.29, 0.717) is 0 Å². The van der Waals surface area contributed by atoms with Gasteiger partial charge < -0.3 is 10.1 Å². The van der Waals surface area contributed by atoms with Crippen LogP contribution < -0.4 is 5.32 Å². The summed E-state index contributed by atoms with van der Waals surface area (Å²) < 4.78 is 4.38. The number of hydrogen-bond donors (Lipinski definition) is 2. The lowest BCUT2D eigenvalue weighted by Gasteiger charge is -2.12. The first kappa shape index (κ1) is 13.2. The van der Waals surface area contributed by atoms with Gasteiger partial charge in [-0.05, 0) is 11.8 Å². The van der Waals surface area contributed by atoms with Crippen molar-refractivity contribution in [2.75, 3.05) is 20.7 Å². The van der Waals surface area contributed by atoms with Crippen LogP contribution >= 0.6 is 11.8 Å². The van der Waals surface area contributed by atoms with Gasteiger partial charge in [0.25, 0.3) is 5.91 Å². The van der Waals surface area contributed by atoms with Gasteiger partial charge in [0, 0.05) is 13.1 Å². The van der Waals surface area contributed by atoms with E-state index in [0.717, 1.165) is 22.7 Å². The minimum absolute atomic E-state index is 0.0748. The van der Waals surface area contributed by atoms with Gasteiger partial charge in [-0.15, -0.1) is 0 Å². The van der Waals surface area contributed by atoms with Crippen LogP contribution in [-0.4, -0.2) is 48.6 Å². The van der Waals surface area contributed by atoms with Crippen LogP contribution in [0.5, 0.6) is 0 Å². The van der Waals surface area contributed by atoms with Crippen molar-refractivity contribution in [1.82, 2.24) is 10.2 Å². The monoisotopic (exact) mass is 257 g/mol. The maximum Gasteiger partial charge on any atom is 0.331 e. The maximum absolute atomic E-state index is 11.7. The fourth-order valence-electron chi connectivity index (χ4n) is 1.05. The summed E-state index contributed by atoms with van der Waals surface area (Å²) in [6.45, 7) is -0.236. The molecule has 0 unspecified atom stereocenters. The molecule has 7 nitrogen and oxygen atoms in total. The number of thioether (sulfide) groups is 1. The summed E-state index contributed by atoms with van der Waals surface area (Å²) >= 11 is 0.818. The molecule has 1 fully saturated rings. The molecule has 2 amide bonds. The molecule has 0 aromatic carbocycles. The standard InChI is InChI=1S/C9H11N3O4S/c1-11-6(13)4-12-8(15)5(17-9(12)10)3-7(14)16-2/h3,10H,4H2,1-2H3,(H,11,13)/b5-3-,10-9?. The smallest absolute Gasteiger partial charge is 0.331 e. The molecule has 8 heteroatoms. The van der Waals surface area contributed by atoms with Crippen molar-refractivity contribution in [3.8, 4) is 0 Å². The van der Waals surface area contributed by atoms with Gasteiger partial charge in [-0.1, -0.05) is 0 Å². The molecule has 0 aliphatic carbocycles. The number of hydrogen-bond acceptors (Lipinski definition) is 6. The predicted molar refractivity (Wildman–Crippen MR) is 61.2 cm³/mol. The predicted octanol–water partition coefficient (Wildman–Crippen LogP) is -0.701. The third-order valence-electron chi connectivity index (χ3n) is 1.94. The molecule has 1 saturated heterocycles. The third kappa shape index (κ3) is 3.06. The quantitative estimate of drug-likeness (QED) is 0.514. The second kappa shape index (κ2) is 5.48. The van der Waals surface area contributed by atoms with Crippen LogP contribution in [-0.2, 0) is 19.1 Å². The van der Waals surface area contributed by atoms with Crippen LogP contribution in [0.1, 0.15) is 0 Å². The summed E-state index contributed by atoms with van der Waals surface area (Å²) in [6.07, 6.45) is 1.01. The van der Waals surface area contributed by atoms with E-state index in [1.807, 2.05) is 0 Å². The first-order chi connectivity index (χ1) is 7.99. The Morgan fingerprint density at radius 3 is 2.76 bits per heavy atom. The lowest BCUT2D eigenvalue weighted by atomic mass is 10.4. The number of likely N-dealkylation sites (N-methyl/N-ethyl adjacent to an activating group) is 1. The second-order valence-electron chi connectivity index (χ2n) is 3.00. The Labute approximate surface area is 102 Å². The van der Waals surface area contributed by atoms with Crippen LogP contribution in [0, 0.1) is 5.41 Å². The van der Waals surface area contributed by atoms with Crippen molar-refractivity contribution >= 4 is 34.7 Å². The van der Waals surface area contributed by atoms with Gasteiger partial charge in [0.15, 0.2) is 5.17 Å². The fraction of sp³-hybridized carbons (Fsp3) is 0.333. The highest BCUT2D eigenvalue weighted by Crippen LogP contribution is 2.29. The Balaban J connectivity index is 2.82. The van der Waals surface area contributed by atoms with E-state index in [9.17, 15) is 14.4 Å². The maximum atomic E-state index is 11.7. The zero-order valence-electron chi connectivity index (χ0n) is 9.27. The summed E-state index contributed by atoms with van der Waals surface area (Å²) in [4.78, 5) is 34.9. The molecule has 0 bridgehead atoms. The summed E-state index contributed by atoms with van der Waals surface area (Å²) in [5, 5.41) is 9.79. The first-order valence-electron chi connectivity index (χ1n) is 4.58. The van der Waals surface area contributed by atoms with Gasteiger partial charge in [-0.25, -0.2) is 4.79 Å². The molecule has 1 rings (SSSR count). The van der Waals surface area contributed by atoms with E-state index < -0.39 is 11.9 Å². The zero-order chi connectivity index (χ0) is 13.0. The van der Waals surface area contributed by atoms with Crippen LogP contribution in [0.25, 0.3) is 0 Å². The molecule has 1 aliphatic heterocycles. The molecule has 0 atom stereocenters. The number of nitrogens with one attached hydrogen (secondary N) is 2. The lowest BCUT2D eigenvalue weighted by molar-refractivity contribution is -0.135. The molecule has 0 spiro atoms. The van der Waals surface area contributed by atoms with Gasteiger partial charge >= 0.3 is 5.97 Å². The molecule has 17 heavy (non-hydrogen) atoms. The van der Waals surface area contributed by atoms with E-state index >= 15 is 0 Å². The number of amidine groups is 1. The number of carbonyl (C=O) groups is 3. The number of nitrogens with zero attached hydrogens (tertiary/aromatic N) is 1. The van der Waals surface area contributed by atoms with Crippen LogP contribution in [0.3, 0.4) is 0 Å². The highest BCUT2D eigenvalue weighted by molar-refractivity contribution is 8.18. The van der Waals surface area contributed by atoms with Gasteiger partial charge in [0.05, 0.1) is 12.0 Å². The minimum Gasteiger partial charge on any atom is -0.466 e. The fourth-order valence-corrected chi connectivity index (χ4v) is 1.87. The first-order valence-corrected chi connectivity index (χ1v) is 5.39. The summed E-state index contributed by atoms with van der Waals surface area (Å²) in [5.41, 5.74) is 0. The van der Waals surface area contributed by atoms with Crippen molar-refractivity contribution in [2.24, 2.45) is 0 Å². The number of carbonyl (C=O) groups excluding carboxylic acids is 3. The Morgan fingerprint density at radius 2 is 2.24 bits per heavy atom. The van der Waals surface area contributed by atoms with Crippen molar-refractivity contribution in [2.45, 2.75) is 0 Å². The van der Waals surface area contributed by atoms with Crippen molar-refractivity contribution in [3.05, 3.63) is 11.0 Å². The molecular weight excluding hydrogens is 246 g/mol. The topological polar surface area (TPSA) is 99.6 Å². The van der Waals surface area contributed by atoms with E-state index in [2.05, 4.69) is 10.1 Å². The second-order valence-corrected chi connectivity index (χ2v) is 4.03. The Hall–Kier alpha value is -1.83. The number of methoxy groups -OCH3 is 1. The Kier molecular flexibility index (Phi) is 4.27. The molecule has 92 valence electrons. The molecule has 0 radical (unpaired) electrons. The molecule has 0 saturated carbocycles. The Bertz CT molecular complexity index is 418. The highest BCUT2D eigenvalue weighted by atomic mass is 32.2. The molecule has 2 N–H and O–H groups in total. The average molecular weight is 257 g/mol. The number of ether oxygens (including phenoxy) is 1. The summed E-state index contributed by atoms with van der Waals surface area (Å²) in [5.74, 6) is -1.60. The molecule has 0 aromatic heterocycles. The zero-order valence-corrected chi connectivity index (χ0v) is 10.1. The summed E-state index contributed by atoms with van der Waals surface area (Å²) in [6, 6.07) is 0. The lowest BCUT2D eigenvalue weighted by Crippen LogP contribution is -2.38. The number of rotatable bonds is 3. The van der Waals surface area contributed by atoms with Crippen LogP contribution in [0.4, 0.5) is 0 Å². The van der Waals surface area contributed by atoms with Crippen molar-refractivity contribution < 1.29 is 19.1 Å². The molecule has 1 heterocycles. The van der Waals surface area contributed by atoms with E-state index in [-0.39, 0.29) is 22.5 Å². The molecular formula is C9H11N3O4S. The number of esters is 1. The van der Waals surface area contributed by atoms with Gasteiger partial charge in [-0.3, -0.25) is 19.9 Å². The minimum atomic E-state index is -0.671. The summed E-state index contributed by atoms with van der Waals surface area (Å²) in [7, 11) is 2.63. The SMILES string of the molecule is CNC(=O)CN1C(=N)S/C(=C\C(=O)OC)C1=O.